The number of nitrogens with one attached hydrogen (secondary N) is 3. The lowest BCUT2D eigenvalue weighted by molar-refractivity contribution is -0.111. The monoisotopic (exact) mass is 1200 g/mol. The molecule has 0 bridgehead atoms. The van der Waals surface area contributed by atoms with Gasteiger partial charge >= 0.3 is 33.6 Å². The van der Waals surface area contributed by atoms with Gasteiger partial charge in [0.2, 0.25) is 17.8 Å². The van der Waals surface area contributed by atoms with Crippen molar-refractivity contribution in [3.63, 3.8) is 0 Å². The first-order chi connectivity index (χ1) is 39.7. The van der Waals surface area contributed by atoms with Gasteiger partial charge in [-0.25, -0.2) is 27.9 Å². The minimum atomic E-state index is -3.85. The van der Waals surface area contributed by atoms with E-state index in [4.69, 9.17) is 15.2 Å². The van der Waals surface area contributed by atoms with Gasteiger partial charge in [-0.05, 0) is 70.7 Å². The molecule has 0 saturated carbocycles. The number of hydrogen-bond acceptors (Lipinski definition) is 18. The largest absolute Gasteiger partial charge is 0.433 e. The minimum absolute atomic E-state index is 0.0172. The number of rotatable bonds is 24. The number of nitrogen functional groups attached to an aromatic ring is 1. The summed E-state index contributed by atoms with van der Waals surface area (Å²) in [6.07, 6.45) is 7.00. The molecule has 0 fully saturated rings. The Bertz CT molecular complexity index is 3880. The lowest BCUT2D eigenvalue weighted by atomic mass is 10.1. The first kappa shape index (κ1) is 63.0. The Morgan fingerprint density at radius 3 is 1.44 bits per heavy atom. The lowest BCUT2D eigenvalue weighted by Gasteiger charge is -2.26. The van der Waals surface area contributed by atoms with E-state index in [1.54, 1.807) is 72.6 Å². The third kappa shape index (κ3) is 14.8. The van der Waals surface area contributed by atoms with Gasteiger partial charge in [0.1, 0.15) is 0 Å². The van der Waals surface area contributed by atoms with Crippen molar-refractivity contribution in [2.45, 2.75) is 13.2 Å². The fourth-order valence-corrected chi connectivity index (χ4v) is 10.4. The number of hydrogen-bond donors (Lipinski definition) is 4. The van der Waals surface area contributed by atoms with E-state index in [1.807, 2.05) is 49.9 Å². The number of likely N-dealkylation sites (N-methyl/N-ethyl adjacent to an activating group) is 4. The second kappa shape index (κ2) is 26.7. The number of ether oxygens (including phenoxy) is 2. The SMILES string of the molecule is C=CC(=O)Nc1cc(Nc2nccc(-c3cn(S(=O)(=O)N(C)C)c4ccccc34)n2)c(OC(F)F)cc1N(C)CCN(C)C.CN(C)CCN(C)c1cc(OC(F)F)c(Nc2nccc(-c3cn(S(=O)(=O)N(C)C)c4ccccc34)n2)cc1N. The number of anilines is 8. The van der Waals surface area contributed by atoms with Crippen LogP contribution in [-0.4, -0.2) is 179 Å². The predicted octanol–water partition coefficient (Wildman–Crippen LogP) is 7.90. The topological polar surface area (TPSA) is 247 Å². The van der Waals surface area contributed by atoms with Gasteiger partial charge in [-0.3, -0.25) is 4.79 Å². The highest BCUT2D eigenvalue weighted by Crippen LogP contribution is 2.41. The number of amides is 1. The van der Waals surface area contributed by atoms with Gasteiger partial charge in [-0.2, -0.15) is 43.0 Å². The van der Waals surface area contributed by atoms with Crippen LogP contribution in [0.5, 0.6) is 11.5 Å². The summed E-state index contributed by atoms with van der Waals surface area (Å²) < 4.78 is 120. The minimum Gasteiger partial charge on any atom is -0.433 e. The van der Waals surface area contributed by atoms with E-state index in [0.717, 1.165) is 21.2 Å². The molecule has 8 aromatic rings. The number of nitrogens with zero attached hydrogens (tertiary/aromatic N) is 12. The number of alkyl halides is 4. The number of carbonyl (C=O) groups is 1. The Balaban J connectivity index is 0.000000242. The zero-order chi connectivity index (χ0) is 61.4. The second-order valence-electron chi connectivity index (χ2n) is 19.7. The molecule has 5 N–H and O–H groups in total. The molecule has 29 heteroatoms. The van der Waals surface area contributed by atoms with Crippen LogP contribution < -0.4 is 41.0 Å². The molecule has 0 atom stereocenters. The number of fused-ring (bicyclic) bond motifs is 2. The van der Waals surface area contributed by atoms with Gasteiger partial charge in [-0.1, -0.05) is 43.0 Å². The maximum absolute atomic E-state index is 13.5. The van der Waals surface area contributed by atoms with E-state index >= 15 is 0 Å². The molecular weight excluding hydrogens is 1140 g/mol. The van der Waals surface area contributed by atoms with E-state index in [9.17, 15) is 39.2 Å². The van der Waals surface area contributed by atoms with Crippen molar-refractivity contribution in [3.8, 4) is 34.0 Å². The van der Waals surface area contributed by atoms with E-state index < -0.39 is 39.5 Å². The Labute approximate surface area is 484 Å². The summed E-state index contributed by atoms with van der Waals surface area (Å²) in [6.45, 7) is -0.197. The van der Waals surface area contributed by atoms with Gasteiger partial charge in [-0.15, -0.1) is 0 Å². The van der Waals surface area contributed by atoms with Crippen LogP contribution in [-0.2, 0) is 25.2 Å². The fourth-order valence-electron chi connectivity index (χ4n) is 8.43. The van der Waals surface area contributed by atoms with Crippen LogP contribution in [0, 0.1) is 0 Å². The van der Waals surface area contributed by atoms with E-state index in [0.29, 0.717) is 86.7 Å². The van der Waals surface area contributed by atoms with Gasteiger partial charge in [0, 0.05) is 127 Å². The van der Waals surface area contributed by atoms with Crippen LogP contribution in [0.3, 0.4) is 0 Å². The van der Waals surface area contributed by atoms with E-state index in [-0.39, 0.29) is 34.8 Å². The van der Waals surface area contributed by atoms with Gasteiger partial charge < -0.3 is 50.8 Å². The third-order valence-electron chi connectivity index (χ3n) is 12.8. The molecule has 4 aromatic heterocycles. The highest BCUT2D eigenvalue weighted by Gasteiger charge is 2.26. The first-order valence-electron chi connectivity index (χ1n) is 25.6. The molecule has 8 rings (SSSR count). The van der Waals surface area contributed by atoms with Gasteiger partial charge in [0.25, 0.3) is 0 Å². The van der Waals surface area contributed by atoms with Crippen LogP contribution in [0.15, 0.2) is 122 Å². The van der Waals surface area contributed by atoms with Crippen molar-refractivity contribution in [3.05, 3.63) is 122 Å². The van der Waals surface area contributed by atoms with Crippen LogP contribution in [0.1, 0.15) is 0 Å². The van der Waals surface area contributed by atoms with Crippen molar-refractivity contribution in [2.24, 2.45) is 0 Å². The smallest absolute Gasteiger partial charge is 0.387 e. The van der Waals surface area contributed by atoms with Crippen LogP contribution in [0.25, 0.3) is 44.3 Å². The molecule has 4 heterocycles. The number of halogens is 4. The van der Waals surface area contributed by atoms with Crippen molar-refractivity contribution in [1.82, 2.24) is 46.3 Å². The average molecular weight is 1200 g/mol. The molecule has 0 saturated heterocycles. The summed E-state index contributed by atoms with van der Waals surface area (Å²) in [5.41, 5.74) is 10.9. The number of benzene rings is 4. The zero-order valence-electron chi connectivity index (χ0n) is 47.8. The molecule has 0 aliphatic heterocycles. The number of para-hydroxylation sites is 2. The summed E-state index contributed by atoms with van der Waals surface area (Å²) in [5.74, 6) is -0.728. The summed E-state index contributed by atoms with van der Waals surface area (Å²) in [4.78, 5) is 37.5. The van der Waals surface area contributed by atoms with E-state index in [2.05, 4.69) is 42.5 Å². The number of carbonyl (C=O) groups excluding carboxylic acids is 1. The number of aromatic nitrogens is 6. The number of nitrogens with two attached hydrogens (primary N) is 1. The van der Waals surface area contributed by atoms with Crippen molar-refractivity contribution >= 4 is 94.2 Å². The molecule has 0 spiro atoms. The standard InChI is InChI=1S/C29H34F2N8O4S.C26H32F2N8O3S/c1-7-27(40)33-22-16-23(26(43-28(30)31)17-25(22)38(6)15-14-36(2)3)35-29-32-13-12-21(34-29)20-18-39(44(41,42)37(4)5)24-11-9-8-10-19(20)24;1-33(2)12-13-35(5)23-15-24(39-25(27)28)21(14-19(23)29)32-26-30-11-10-20(31-26)18-16-36(40(37,38)34(3)4)22-9-7-6-8-17(18)22/h7-13,16-18,28H,1,14-15H2,2-6H3,(H,33,40)(H,32,34,35);6-11,14-16,25H,12-13,29H2,1-5H3,(H,30,31,32). The zero-order valence-corrected chi connectivity index (χ0v) is 49.4. The molecule has 0 radical (unpaired) electrons. The molecule has 4 aromatic carbocycles. The van der Waals surface area contributed by atoms with E-state index in [1.165, 1.54) is 85.2 Å². The Kier molecular flexibility index (Phi) is 20.1. The predicted molar refractivity (Wildman–Crippen MR) is 322 cm³/mol. The Morgan fingerprint density at radius 2 is 1.02 bits per heavy atom. The highest BCUT2D eigenvalue weighted by atomic mass is 32.2. The summed E-state index contributed by atoms with van der Waals surface area (Å²) >= 11 is 0. The molecule has 448 valence electrons. The normalized spacial score (nSPS) is 11.9. The molecule has 0 aliphatic rings. The fraction of sp³-hybridized carbons (Fsp3) is 0.291. The van der Waals surface area contributed by atoms with Crippen molar-refractivity contribution < 1.29 is 48.7 Å². The molecule has 23 nitrogen and oxygen atoms in total. The molecule has 0 unspecified atom stereocenters. The first-order valence-corrected chi connectivity index (χ1v) is 28.4. The van der Waals surface area contributed by atoms with Gasteiger partial charge in [0.05, 0.1) is 56.5 Å². The Morgan fingerprint density at radius 1 is 0.607 bits per heavy atom. The summed E-state index contributed by atoms with van der Waals surface area (Å²) in [7, 11) is 9.37. The molecule has 84 heavy (non-hydrogen) atoms. The average Bonchev–Trinajstić information content (AvgIpc) is 3.92. The van der Waals surface area contributed by atoms with Gasteiger partial charge in [0.15, 0.2) is 11.5 Å². The Hall–Kier alpha value is -8.61. The van der Waals surface area contributed by atoms with Crippen LogP contribution in [0.4, 0.5) is 63.6 Å². The van der Waals surface area contributed by atoms with Crippen LogP contribution >= 0.6 is 0 Å². The maximum Gasteiger partial charge on any atom is 0.387 e. The lowest BCUT2D eigenvalue weighted by Crippen LogP contribution is -2.29. The molecule has 0 aliphatic carbocycles. The molecular formula is C55H66F4N16O7S2. The van der Waals surface area contributed by atoms with Crippen LogP contribution in [0.2, 0.25) is 0 Å². The van der Waals surface area contributed by atoms with Crippen molar-refractivity contribution in [1.29, 1.82) is 0 Å². The summed E-state index contributed by atoms with van der Waals surface area (Å²) in [5, 5.41) is 9.86. The second-order valence-corrected chi connectivity index (χ2v) is 23.8. The highest BCUT2D eigenvalue weighted by molar-refractivity contribution is 7.88. The maximum atomic E-state index is 13.5. The van der Waals surface area contributed by atoms with Crippen molar-refractivity contribution in [2.75, 3.05) is 128 Å². The quantitative estimate of drug-likeness (QED) is 0.0255. The summed E-state index contributed by atoms with van der Waals surface area (Å²) in [6, 6.07) is 23.0. The molecule has 1 amide bonds. The third-order valence-corrected chi connectivity index (χ3v) is 16.3.